The number of carbonyl (C=O) groups excluding carboxylic acids is 1. The van der Waals surface area contributed by atoms with Gasteiger partial charge in [-0.2, -0.15) is 0 Å². The molecule has 1 amide bonds. The fraction of sp³-hybridized carbons (Fsp3) is 0.714. The molecule has 1 fully saturated rings. The fourth-order valence-electron chi connectivity index (χ4n) is 2.47. The van der Waals surface area contributed by atoms with Crippen LogP contribution in [0.1, 0.15) is 31.3 Å². The lowest BCUT2D eigenvalue weighted by Crippen LogP contribution is -2.50. The summed E-state index contributed by atoms with van der Waals surface area (Å²) in [5.74, 6) is 0.0519. The number of carbonyl (C=O) groups is 1. The lowest BCUT2D eigenvalue weighted by atomic mass is 9.96. The van der Waals surface area contributed by atoms with Crippen LogP contribution in [0.3, 0.4) is 0 Å². The highest BCUT2D eigenvalue weighted by atomic mass is 16.2. The minimum Gasteiger partial charge on any atom is -0.340 e. The fourth-order valence-corrected chi connectivity index (χ4v) is 2.47. The number of piperazine rings is 1. The van der Waals surface area contributed by atoms with Crippen molar-refractivity contribution in [1.29, 1.82) is 0 Å². The zero-order valence-corrected chi connectivity index (χ0v) is 12.4. The van der Waals surface area contributed by atoms with Crippen LogP contribution in [0.2, 0.25) is 0 Å². The minimum atomic E-state index is 0.0519. The van der Waals surface area contributed by atoms with Gasteiger partial charge in [-0.1, -0.05) is 20.8 Å². The van der Waals surface area contributed by atoms with Gasteiger partial charge in [-0.15, -0.1) is 0 Å². The van der Waals surface area contributed by atoms with Crippen LogP contribution >= 0.6 is 0 Å². The molecule has 1 aliphatic heterocycles. The Morgan fingerprint density at radius 2 is 1.89 bits per heavy atom. The summed E-state index contributed by atoms with van der Waals surface area (Å²) in [6, 6.07) is 0. The SMILES string of the molecule is Cn1cnc(C(=O)N2CCN(CC(C)(C)C)CC2)c1. The first kappa shape index (κ1) is 14.1. The third-order valence-electron chi connectivity index (χ3n) is 3.28. The molecule has 0 saturated carbocycles. The maximum atomic E-state index is 12.2. The second-order valence-electron chi connectivity index (χ2n) is 6.55. The van der Waals surface area contributed by atoms with Crippen LogP contribution in [0.5, 0.6) is 0 Å². The number of nitrogens with zero attached hydrogens (tertiary/aromatic N) is 4. The van der Waals surface area contributed by atoms with Crippen LogP contribution in [0.4, 0.5) is 0 Å². The van der Waals surface area contributed by atoms with Gasteiger partial charge in [0.05, 0.1) is 6.33 Å². The summed E-state index contributed by atoms with van der Waals surface area (Å²) in [5, 5.41) is 0. The molecule has 1 saturated heterocycles. The van der Waals surface area contributed by atoms with Gasteiger partial charge < -0.3 is 9.47 Å². The van der Waals surface area contributed by atoms with Crippen LogP contribution in [-0.2, 0) is 7.05 Å². The van der Waals surface area contributed by atoms with Crippen LogP contribution in [0.15, 0.2) is 12.5 Å². The molecule has 0 atom stereocenters. The predicted octanol–water partition coefficient (Wildman–Crippen LogP) is 1.22. The Morgan fingerprint density at radius 3 is 2.37 bits per heavy atom. The standard InChI is InChI=1S/C14H24N4O/c1-14(2,3)10-17-5-7-18(8-6-17)13(19)12-9-16(4)11-15-12/h9,11H,5-8,10H2,1-4H3. The van der Waals surface area contributed by atoms with Gasteiger partial charge in [-0.25, -0.2) is 4.98 Å². The average molecular weight is 264 g/mol. The van der Waals surface area contributed by atoms with Crippen LogP contribution < -0.4 is 0 Å². The zero-order chi connectivity index (χ0) is 14.0. The Labute approximate surface area is 115 Å². The maximum Gasteiger partial charge on any atom is 0.274 e. The van der Waals surface area contributed by atoms with Gasteiger partial charge in [-0.05, 0) is 5.41 Å². The van der Waals surface area contributed by atoms with Crippen LogP contribution in [-0.4, -0.2) is 58.0 Å². The Balaban J connectivity index is 1.88. The number of amides is 1. The van der Waals surface area contributed by atoms with Gasteiger partial charge >= 0.3 is 0 Å². The molecule has 5 heteroatoms. The molecule has 0 aliphatic carbocycles. The molecule has 1 aromatic heterocycles. The van der Waals surface area contributed by atoms with Crippen molar-refractivity contribution in [3.8, 4) is 0 Å². The third-order valence-corrected chi connectivity index (χ3v) is 3.28. The van der Waals surface area contributed by atoms with Gasteiger partial charge in [-0.3, -0.25) is 9.69 Å². The number of aryl methyl sites for hydroxylation is 1. The van der Waals surface area contributed by atoms with E-state index < -0.39 is 0 Å². The van der Waals surface area contributed by atoms with E-state index in [9.17, 15) is 4.79 Å². The molecule has 0 spiro atoms. The second kappa shape index (κ2) is 5.33. The quantitative estimate of drug-likeness (QED) is 0.806. The molecule has 2 rings (SSSR count). The summed E-state index contributed by atoms with van der Waals surface area (Å²) >= 11 is 0. The van der Waals surface area contributed by atoms with E-state index in [1.54, 1.807) is 12.5 Å². The molecular formula is C14H24N4O. The smallest absolute Gasteiger partial charge is 0.274 e. The van der Waals surface area contributed by atoms with Gasteiger partial charge in [0, 0.05) is 46.0 Å². The highest BCUT2D eigenvalue weighted by Crippen LogP contribution is 2.17. The topological polar surface area (TPSA) is 41.4 Å². The minimum absolute atomic E-state index is 0.0519. The molecule has 1 aliphatic rings. The second-order valence-corrected chi connectivity index (χ2v) is 6.55. The van der Waals surface area contributed by atoms with E-state index in [-0.39, 0.29) is 5.91 Å². The Hall–Kier alpha value is -1.36. The largest absolute Gasteiger partial charge is 0.340 e. The highest BCUT2D eigenvalue weighted by Gasteiger charge is 2.25. The van der Waals surface area contributed by atoms with E-state index >= 15 is 0 Å². The molecule has 2 heterocycles. The maximum absolute atomic E-state index is 12.2. The normalized spacial score (nSPS) is 17.8. The molecule has 0 bridgehead atoms. The van der Waals surface area contributed by atoms with Crippen molar-refractivity contribution in [2.75, 3.05) is 32.7 Å². The number of imidazole rings is 1. The van der Waals surface area contributed by atoms with Gasteiger partial charge in [0.15, 0.2) is 0 Å². The summed E-state index contributed by atoms with van der Waals surface area (Å²) in [7, 11) is 1.88. The van der Waals surface area contributed by atoms with Crippen molar-refractivity contribution in [3.05, 3.63) is 18.2 Å². The third kappa shape index (κ3) is 3.80. The lowest BCUT2D eigenvalue weighted by molar-refractivity contribution is 0.0587. The van der Waals surface area contributed by atoms with Gasteiger partial charge in [0.1, 0.15) is 5.69 Å². The van der Waals surface area contributed by atoms with E-state index in [2.05, 4.69) is 30.7 Å². The molecule has 0 unspecified atom stereocenters. The van der Waals surface area contributed by atoms with Crippen molar-refractivity contribution in [3.63, 3.8) is 0 Å². The van der Waals surface area contributed by atoms with Gasteiger partial charge in [0.25, 0.3) is 5.91 Å². The van der Waals surface area contributed by atoms with Gasteiger partial charge in [0.2, 0.25) is 0 Å². The van der Waals surface area contributed by atoms with Crippen molar-refractivity contribution < 1.29 is 4.79 Å². The molecule has 0 aromatic carbocycles. The average Bonchev–Trinajstić information content (AvgIpc) is 2.74. The Kier molecular flexibility index (Phi) is 3.94. The first-order valence-electron chi connectivity index (χ1n) is 6.85. The number of hydrogen-bond acceptors (Lipinski definition) is 3. The highest BCUT2D eigenvalue weighted by molar-refractivity contribution is 5.92. The van der Waals surface area contributed by atoms with E-state index in [1.807, 2.05) is 16.5 Å². The lowest BCUT2D eigenvalue weighted by Gasteiger charge is -2.37. The molecular weight excluding hydrogens is 240 g/mol. The summed E-state index contributed by atoms with van der Waals surface area (Å²) < 4.78 is 1.81. The van der Waals surface area contributed by atoms with Crippen molar-refractivity contribution in [1.82, 2.24) is 19.4 Å². The molecule has 1 aromatic rings. The summed E-state index contributed by atoms with van der Waals surface area (Å²) in [6.07, 6.45) is 3.45. The van der Waals surface area contributed by atoms with Crippen molar-refractivity contribution >= 4 is 5.91 Å². The van der Waals surface area contributed by atoms with Crippen molar-refractivity contribution in [2.24, 2.45) is 12.5 Å². The number of rotatable bonds is 2. The first-order chi connectivity index (χ1) is 8.85. The summed E-state index contributed by atoms with van der Waals surface area (Å²) in [4.78, 5) is 20.7. The Bertz CT molecular complexity index is 439. The summed E-state index contributed by atoms with van der Waals surface area (Å²) in [6.45, 7) is 11.3. The Morgan fingerprint density at radius 1 is 1.26 bits per heavy atom. The molecule has 106 valence electrons. The summed E-state index contributed by atoms with van der Waals surface area (Å²) in [5.41, 5.74) is 0.861. The van der Waals surface area contributed by atoms with E-state index in [0.717, 1.165) is 32.7 Å². The molecule has 5 nitrogen and oxygen atoms in total. The predicted molar refractivity (Wildman–Crippen MR) is 75.0 cm³/mol. The van der Waals surface area contributed by atoms with Crippen LogP contribution in [0, 0.1) is 5.41 Å². The molecule has 0 radical (unpaired) electrons. The first-order valence-corrected chi connectivity index (χ1v) is 6.85. The van der Waals surface area contributed by atoms with Crippen LogP contribution in [0.25, 0.3) is 0 Å². The van der Waals surface area contributed by atoms with E-state index in [1.165, 1.54) is 0 Å². The van der Waals surface area contributed by atoms with E-state index in [4.69, 9.17) is 0 Å². The van der Waals surface area contributed by atoms with Crippen molar-refractivity contribution in [2.45, 2.75) is 20.8 Å². The molecule has 19 heavy (non-hydrogen) atoms. The number of hydrogen-bond donors (Lipinski definition) is 0. The monoisotopic (exact) mass is 264 g/mol. The van der Waals surface area contributed by atoms with E-state index in [0.29, 0.717) is 11.1 Å². The zero-order valence-electron chi connectivity index (χ0n) is 12.4. The molecule has 0 N–H and O–H groups in total. The number of aromatic nitrogens is 2.